The summed E-state index contributed by atoms with van der Waals surface area (Å²) in [6, 6.07) is 22.0. The highest BCUT2D eigenvalue weighted by atomic mass is 19.4. The number of nitrogens with zero attached hydrogens (tertiary/aromatic N) is 2. The van der Waals surface area contributed by atoms with Gasteiger partial charge < -0.3 is 5.32 Å². The van der Waals surface area contributed by atoms with Crippen LogP contribution in [0.3, 0.4) is 0 Å². The quantitative estimate of drug-likeness (QED) is 0.294. The highest BCUT2D eigenvalue weighted by Crippen LogP contribution is 2.32. The fourth-order valence-corrected chi connectivity index (χ4v) is 3.57. The molecule has 0 saturated heterocycles. The molecule has 1 amide bonds. The summed E-state index contributed by atoms with van der Waals surface area (Å²) >= 11 is 0. The SMILES string of the molecule is CNOCC=C(c1ccccc1)c1ccc2nc(NC(=O)C(F)(F)F)c(-c3ccccc3)n2c1. The number of rotatable bonds is 7. The summed E-state index contributed by atoms with van der Waals surface area (Å²) in [5.74, 6) is -2.25. The van der Waals surface area contributed by atoms with Crippen LogP contribution in [0.2, 0.25) is 0 Å². The van der Waals surface area contributed by atoms with E-state index in [-0.39, 0.29) is 5.82 Å². The first kappa shape index (κ1) is 23.2. The third kappa shape index (κ3) is 5.00. The molecule has 0 bridgehead atoms. The van der Waals surface area contributed by atoms with Gasteiger partial charge in [0.2, 0.25) is 0 Å². The molecule has 174 valence electrons. The number of nitrogens with one attached hydrogen (secondary N) is 2. The predicted octanol–water partition coefficient (Wildman–Crippen LogP) is 5.08. The third-order valence-corrected chi connectivity index (χ3v) is 5.07. The Labute approximate surface area is 193 Å². The molecular formula is C25H21F3N4O2. The fourth-order valence-electron chi connectivity index (χ4n) is 3.57. The van der Waals surface area contributed by atoms with Gasteiger partial charge in [0.05, 0.1) is 12.3 Å². The lowest BCUT2D eigenvalue weighted by Gasteiger charge is -2.12. The van der Waals surface area contributed by atoms with Gasteiger partial charge in [-0.3, -0.25) is 14.0 Å². The molecule has 0 aliphatic heterocycles. The van der Waals surface area contributed by atoms with Crippen molar-refractivity contribution in [2.24, 2.45) is 0 Å². The van der Waals surface area contributed by atoms with E-state index in [1.54, 1.807) is 54.0 Å². The van der Waals surface area contributed by atoms with Crippen LogP contribution in [0, 0.1) is 0 Å². The van der Waals surface area contributed by atoms with Crippen molar-refractivity contribution in [3.8, 4) is 11.3 Å². The van der Waals surface area contributed by atoms with Crippen molar-refractivity contribution < 1.29 is 22.8 Å². The minimum atomic E-state index is -5.04. The minimum absolute atomic E-state index is 0.172. The molecule has 2 N–H and O–H groups in total. The van der Waals surface area contributed by atoms with Crippen molar-refractivity contribution in [3.05, 3.63) is 96.2 Å². The lowest BCUT2D eigenvalue weighted by molar-refractivity contribution is -0.167. The van der Waals surface area contributed by atoms with E-state index in [4.69, 9.17) is 4.84 Å². The van der Waals surface area contributed by atoms with Crippen LogP contribution in [0.25, 0.3) is 22.5 Å². The number of hydroxylamine groups is 1. The molecule has 0 spiro atoms. The van der Waals surface area contributed by atoms with Crippen molar-refractivity contribution >= 4 is 22.9 Å². The van der Waals surface area contributed by atoms with Crippen LogP contribution < -0.4 is 10.8 Å². The van der Waals surface area contributed by atoms with E-state index in [0.717, 1.165) is 16.7 Å². The zero-order valence-corrected chi connectivity index (χ0v) is 18.1. The normalized spacial score (nSPS) is 12.2. The molecule has 6 nitrogen and oxygen atoms in total. The third-order valence-electron chi connectivity index (χ3n) is 5.07. The number of anilines is 1. The summed E-state index contributed by atoms with van der Waals surface area (Å²) in [7, 11) is 1.66. The Morgan fingerprint density at radius 2 is 1.68 bits per heavy atom. The second kappa shape index (κ2) is 9.90. The van der Waals surface area contributed by atoms with Crippen molar-refractivity contribution in [1.82, 2.24) is 14.9 Å². The summed E-state index contributed by atoms with van der Waals surface area (Å²) < 4.78 is 40.5. The summed E-state index contributed by atoms with van der Waals surface area (Å²) in [6.07, 6.45) is -1.35. The first-order chi connectivity index (χ1) is 16.4. The Balaban J connectivity index is 1.88. The van der Waals surface area contributed by atoms with Gasteiger partial charge in [-0.05, 0) is 34.9 Å². The van der Waals surface area contributed by atoms with E-state index in [1.165, 1.54) is 0 Å². The maximum absolute atomic E-state index is 13.0. The van der Waals surface area contributed by atoms with E-state index in [1.807, 2.05) is 47.8 Å². The average Bonchev–Trinajstić information content (AvgIpc) is 3.19. The number of imidazole rings is 1. The molecule has 2 heterocycles. The number of alkyl halides is 3. The van der Waals surface area contributed by atoms with Gasteiger partial charge in [0.25, 0.3) is 0 Å². The van der Waals surface area contributed by atoms with Gasteiger partial charge in [0.1, 0.15) is 5.65 Å². The smallest absolute Gasteiger partial charge is 0.301 e. The van der Waals surface area contributed by atoms with Gasteiger partial charge in [0, 0.05) is 18.8 Å². The first-order valence-corrected chi connectivity index (χ1v) is 10.4. The molecule has 0 fully saturated rings. The van der Waals surface area contributed by atoms with Crippen molar-refractivity contribution in [2.45, 2.75) is 6.18 Å². The number of carbonyl (C=O) groups excluding carboxylic acids is 1. The maximum Gasteiger partial charge on any atom is 0.471 e. The maximum atomic E-state index is 13.0. The number of benzene rings is 2. The predicted molar refractivity (Wildman–Crippen MR) is 124 cm³/mol. The average molecular weight is 466 g/mol. The summed E-state index contributed by atoms with van der Waals surface area (Å²) in [4.78, 5) is 21.2. The van der Waals surface area contributed by atoms with Gasteiger partial charge in [-0.15, -0.1) is 0 Å². The van der Waals surface area contributed by atoms with Crippen molar-refractivity contribution in [1.29, 1.82) is 0 Å². The topological polar surface area (TPSA) is 67.7 Å². The number of carbonyl (C=O) groups is 1. The fraction of sp³-hybridized carbons (Fsp3) is 0.120. The van der Waals surface area contributed by atoms with E-state index >= 15 is 0 Å². The van der Waals surface area contributed by atoms with E-state index in [9.17, 15) is 18.0 Å². The summed E-state index contributed by atoms with van der Waals surface area (Å²) in [5, 5.41) is 1.92. The number of amides is 1. The molecule has 2 aromatic heterocycles. The molecule has 9 heteroatoms. The standard InChI is InChI=1S/C25H21F3N4O2/c1-29-34-15-14-20(17-8-4-2-5-9-17)19-12-13-21-30-23(31-24(33)25(26,27)28)22(32(21)16-19)18-10-6-3-7-11-18/h2-14,16,29H,15H2,1H3,(H,31,33). The molecule has 0 aliphatic rings. The number of aromatic nitrogens is 2. The number of hydrogen-bond acceptors (Lipinski definition) is 4. The van der Waals surface area contributed by atoms with Gasteiger partial charge in [-0.25, -0.2) is 10.5 Å². The monoisotopic (exact) mass is 466 g/mol. The second-order valence-corrected chi connectivity index (χ2v) is 7.27. The van der Waals surface area contributed by atoms with Crippen LogP contribution in [0.15, 0.2) is 85.1 Å². The van der Waals surface area contributed by atoms with Crippen molar-refractivity contribution in [3.63, 3.8) is 0 Å². The van der Waals surface area contributed by atoms with Crippen LogP contribution in [0.1, 0.15) is 11.1 Å². The Morgan fingerprint density at radius 3 is 2.32 bits per heavy atom. The molecule has 0 radical (unpaired) electrons. The molecule has 2 aromatic carbocycles. The lowest BCUT2D eigenvalue weighted by Crippen LogP contribution is -2.30. The Bertz CT molecular complexity index is 1320. The zero-order valence-electron chi connectivity index (χ0n) is 18.1. The number of halogens is 3. The van der Waals surface area contributed by atoms with Gasteiger partial charge in [-0.2, -0.15) is 13.2 Å². The van der Waals surface area contributed by atoms with E-state index in [0.29, 0.717) is 23.5 Å². The van der Waals surface area contributed by atoms with Gasteiger partial charge in [-0.1, -0.05) is 60.7 Å². The van der Waals surface area contributed by atoms with Crippen LogP contribution in [-0.2, 0) is 9.63 Å². The van der Waals surface area contributed by atoms with Gasteiger partial charge in [0.15, 0.2) is 5.82 Å². The number of hydrogen-bond donors (Lipinski definition) is 2. The van der Waals surface area contributed by atoms with Crippen molar-refractivity contribution in [2.75, 3.05) is 19.0 Å². The summed E-state index contributed by atoms with van der Waals surface area (Å²) in [5.41, 5.74) is 6.56. The number of fused-ring (bicyclic) bond motifs is 1. The Morgan fingerprint density at radius 1 is 1.00 bits per heavy atom. The van der Waals surface area contributed by atoms with Gasteiger partial charge >= 0.3 is 12.1 Å². The largest absolute Gasteiger partial charge is 0.471 e. The van der Waals surface area contributed by atoms with Crippen LogP contribution in [0.4, 0.5) is 19.0 Å². The molecule has 4 aromatic rings. The van der Waals surface area contributed by atoms with Crippen LogP contribution >= 0.6 is 0 Å². The molecule has 0 atom stereocenters. The second-order valence-electron chi connectivity index (χ2n) is 7.27. The molecular weight excluding hydrogens is 445 g/mol. The Kier molecular flexibility index (Phi) is 6.76. The lowest BCUT2D eigenvalue weighted by atomic mass is 9.99. The van der Waals surface area contributed by atoms with E-state index < -0.39 is 12.1 Å². The Hall–Kier alpha value is -3.95. The molecule has 0 saturated carbocycles. The van der Waals surface area contributed by atoms with Crippen LogP contribution in [-0.4, -0.2) is 35.1 Å². The molecule has 34 heavy (non-hydrogen) atoms. The highest BCUT2D eigenvalue weighted by molar-refractivity contribution is 5.97. The number of pyridine rings is 1. The van der Waals surface area contributed by atoms with E-state index in [2.05, 4.69) is 10.5 Å². The minimum Gasteiger partial charge on any atom is -0.301 e. The molecule has 4 rings (SSSR count). The first-order valence-electron chi connectivity index (χ1n) is 10.4. The van der Waals surface area contributed by atoms with Crippen LogP contribution in [0.5, 0.6) is 0 Å². The highest BCUT2D eigenvalue weighted by Gasteiger charge is 2.39. The molecule has 0 aliphatic carbocycles. The zero-order chi connectivity index (χ0) is 24.1. The molecule has 0 unspecified atom stereocenters. The summed E-state index contributed by atoms with van der Waals surface area (Å²) in [6.45, 7) is 0.293.